The molecule has 10 heteroatoms. The van der Waals surface area contributed by atoms with E-state index in [4.69, 9.17) is 14.6 Å². The number of benzene rings is 2. The molecular formula is C26H25N3O7. The van der Waals surface area contributed by atoms with E-state index in [0.717, 1.165) is 11.1 Å². The monoisotopic (exact) mass is 491 g/mol. The number of carbonyl (C=O) groups excluding carboxylic acids is 1. The second-order valence-corrected chi connectivity index (χ2v) is 7.99. The highest BCUT2D eigenvalue weighted by atomic mass is 16.5. The van der Waals surface area contributed by atoms with Crippen molar-refractivity contribution in [3.05, 3.63) is 77.8 Å². The number of pyridine rings is 2. The van der Waals surface area contributed by atoms with E-state index in [2.05, 4.69) is 4.98 Å². The third-order valence-electron chi connectivity index (χ3n) is 5.66. The third kappa shape index (κ3) is 5.20. The first-order valence-electron chi connectivity index (χ1n) is 11.1. The molecule has 0 radical (unpaired) electrons. The summed E-state index contributed by atoms with van der Waals surface area (Å²) in [5.41, 5.74) is 4.93. The fourth-order valence-corrected chi connectivity index (χ4v) is 3.82. The van der Waals surface area contributed by atoms with E-state index >= 15 is 0 Å². The zero-order valence-corrected chi connectivity index (χ0v) is 19.4. The summed E-state index contributed by atoms with van der Waals surface area (Å²) in [4.78, 5) is 17.1. The Morgan fingerprint density at radius 2 is 1.72 bits per heavy atom. The molecule has 0 saturated carbocycles. The lowest BCUT2D eigenvalue weighted by molar-refractivity contribution is -0.603. The first-order chi connectivity index (χ1) is 17.4. The van der Waals surface area contributed by atoms with Gasteiger partial charge >= 0.3 is 0 Å². The molecule has 10 nitrogen and oxygen atoms in total. The van der Waals surface area contributed by atoms with Crippen molar-refractivity contribution in [1.82, 2.24) is 10.5 Å². The predicted octanol–water partition coefficient (Wildman–Crippen LogP) is 2.45. The maximum Gasteiger partial charge on any atom is 0.279 e. The van der Waals surface area contributed by atoms with Gasteiger partial charge in [0.05, 0.1) is 37.3 Å². The van der Waals surface area contributed by atoms with E-state index in [9.17, 15) is 20.3 Å². The number of methoxy groups -OCH3 is 1. The van der Waals surface area contributed by atoms with Crippen LogP contribution in [0.2, 0.25) is 0 Å². The SMILES string of the molecule is COc1c(-c2ccc(-c3ccc(OCCC(O)CO)cc3)cc2)nc2cc[n+]([O-])cc2c1C(=O)NO. The van der Waals surface area contributed by atoms with Crippen molar-refractivity contribution in [3.8, 4) is 33.9 Å². The Balaban J connectivity index is 1.64. The molecule has 4 rings (SSSR count). The quantitative estimate of drug-likeness (QED) is 0.121. The molecule has 36 heavy (non-hydrogen) atoms. The molecular weight excluding hydrogens is 466 g/mol. The standard InChI is InChI=1S/C26H25N3O7/c1-35-25-23(26(32)28-33)21-14-29(34)12-10-22(21)27-24(25)18-4-2-16(3-5-18)17-6-8-20(9-7-17)36-13-11-19(31)15-30/h2-10,12,14,19,30-31,33H,11,13,15H2,1H3,(H,28,32). The minimum absolute atomic E-state index is 0.00336. The number of hydrogen-bond donors (Lipinski definition) is 4. The smallest absolute Gasteiger partial charge is 0.279 e. The van der Waals surface area contributed by atoms with Gasteiger partial charge in [0.2, 0.25) is 0 Å². The van der Waals surface area contributed by atoms with Crippen LogP contribution < -0.4 is 19.7 Å². The normalized spacial score (nSPS) is 11.8. The van der Waals surface area contributed by atoms with Crippen LogP contribution in [-0.4, -0.2) is 52.7 Å². The number of nitrogens with zero attached hydrogens (tertiary/aromatic N) is 2. The van der Waals surface area contributed by atoms with Crippen molar-refractivity contribution in [2.75, 3.05) is 20.3 Å². The van der Waals surface area contributed by atoms with Gasteiger partial charge in [0.1, 0.15) is 17.0 Å². The molecule has 0 bridgehead atoms. The van der Waals surface area contributed by atoms with E-state index in [1.54, 1.807) is 5.48 Å². The summed E-state index contributed by atoms with van der Waals surface area (Å²) in [6.07, 6.45) is 2.02. The van der Waals surface area contributed by atoms with Gasteiger partial charge in [-0.05, 0) is 23.3 Å². The molecule has 2 heterocycles. The van der Waals surface area contributed by atoms with Crippen LogP contribution in [0.3, 0.4) is 0 Å². The molecule has 1 atom stereocenters. The van der Waals surface area contributed by atoms with Crippen LogP contribution in [0.25, 0.3) is 33.3 Å². The molecule has 4 aromatic rings. The van der Waals surface area contributed by atoms with Gasteiger partial charge in [0, 0.05) is 18.1 Å². The van der Waals surface area contributed by atoms with Gasteiger partial charge < -0.3 is 24.9 Å². The molecule has 0 aliphatic rings. The maximum absolute atomic E-state index is 12.5. The summed E-state index contributed by atoms with van der Waals surface area (Å²) < 4.78 is 11.6. The fourth-order valence-electron chi connectivity index (χ4n) is 3.82. The van der Waals surface area contributed by atoms with Crippen molar-refractivity contribution in [3.63, 3.8) is 0 Å². The number of rotatable bonds is 9. The molecule has 0 spiro atoms. The summed E-state index contributed by atoms with van der Waals surface area (Å²) in [6, 6.07) is 16.4. The van der Waals surface area contributed by atoms with Crippen molar-refractivity contribution < 1.29 is 34.4 Å². The fraction of sp³-hybridized carbons (Fsp3) is 0.192. The number of aliphatic hydroxyl groups is 2. The molecule has 0 aliphatic heterocycles. The largest absolute Gasteiger partial charge is 0.619 e. The van der Waals surface area contributed by atoms with Crippen LogP contribution in [0.4, 0.5) is 0 Å². The zero-order chi connectivity index (χ0) is 25.7. The van der Waals surface area contributed by atoms with Gasteiger partial charge in [0.15, 0.2) is 18.1 Å². The molecule has 0 fully saturated rings. The minimum atomic E-state index is -0.823. The Labute approximate surface area is 206 Å². The van der Waals surface area contributed by atoms with Gasteiger partial charge in [-0.15, -0.1) is 0 Å². The van der Waals surface area contributed by atoms with Crippen LogP contribution >= 0.6 is 0 Å². The molecule has 4 N–H and O–H groups in total. The van der Waals surface area contributed by atoms with Crippen LogP contribution in [0, 0.1) is 5.21 Å². The van der Waals surface area contributed by atoms with Crippen LogP contribution in [0.1, 0.15) is 16.8 Å². The highest BCUT2D eigenvalue weighted by Gasteiger charge is 2.24. The minimum Gasteiger partial charge on any atom is -0.619 e. The van der Waals surface area contributed by atoms with Crippen LogP contribution in [0.15, 0.2) is 67.0 Å². The van der Waals surface area contributed by atoms with Crippen LogP contribution in [-0.2, 0) is 0 Å². The van der Waals surface area contributed by atoms with Crippen molar-refractivity contribution in [1.29, 1.82) is 0 Å². The van der Waals surface area contributed by atoms with E-state index in [1.165, 1.54) is 25.6 Å². The zero-order valence-electron chi connectivity index (χ0n) is 19.4. The van der Waals surface area contributed by atoms with Gasteiger partial charge in [-0.1, -0.05) is 36.4 Å². The third-order valence-corrected chi connectivity index (χ3v) is 5.66. The van der Waals surface area contributed by atoms with E-state index in [0.29, 0.717) is 40.3 Å². The van der Waals surface area contributed by atoms with Gasteiger partial charge in [0.25, 0.3) is 5.91 Å². The van der Waals surface area contributed by atoms with Crippen molar-refractivity contribution in [2.45, 2.75) is 12.5 Å². The number of hydrogen-bond acceptors (Lipinski definition) is 8. The predicted molar refractivity (Wildman–Crippen MR) is 131 cm³/mol. The molecule has 2 aromatic carbocycles. The van der Waals surface area contributed by atoms with E-state index < -0.39 is 12.0 Å². The summed E-state index contributed by atoms with van der Waals surface area (Å²) in [5, 5.41) is 39.6. The lowest BCUT2D eigenvalue weighted by Crippen LogP contribution is -2.26. The highest BCUT2D eigenvalue weighted by molar-refractivity contribution is 6.09. The molecule has 1 amide bonds. The van der Waals surface area contributed by atoms with Crippen LogP contribution in [0.5, 0.6) is 11.5 Å². The topological polar surface area (TPSA) is 148 Å². The first kappa shape index (κ1) is 24.9. The summed E-state index contributed by atoms with van der Waals surface area (Å²) in [6.45, 7) is -0.00352. The molecule has 0 aliphatic carbocycles. The van der Waals surface area contributed by atoms with Gasteiger partial charge in [-0.25, -0.2) is 10.5 Å². The number of hydroxylamine groups is 1. The number of carbonyl (C=O) groups is 1. The van der Waals surface area contributed by atoms with Crippen molar-refractivity contribution >= 4 is 16.8 Å². The maximum atomic E-state index is 12.5. The molecule has 186 valence electrons. The molecule has 1 unspecified atom stereocenters. The number of nitrogens with one attached hydrogen (secondary N) is 1. The van der Waals surface area contributed by atoms with E-state index in [-0.39, 0.29) is 23.3 Å². The summed E-state index contributed by atoms with van der Waals surface area (Å²) >= 11 is 0. The number of ether oxygens (including phenoxy) is 2. The Bertz CT molecular complexity index is 1360. The van der Waals surface area contributed by atoms with Crippen molar-refractivity contribution in [2.24, 2.45) is 0 Å². The molecule has 2 aromatic heterocycles. The number of aliphatic hydroxyl groups excluding tert-OH is 2. The van der Waals surface area contributed by atoms with Gasteiger partial charge in [-0.2, -0.15) is 4.73 Å². The Kier molecular flexibility index (Phi) is 7.59. The molecule has 0 saturated heterocycles. The summed E-state index contributed by atoms with van der Waals surface area (Å²) in [7, 11) is 1.39. The Hall–Kier alpha value is -4.25. The average molecular weight is 492 g/mol. The Morgan fingerprint density at radius 1 is 1.08 bits per heavy atom. The second kappa shape index (κ2) is 11.0. The van der Waals surface area contributed by atoms with Gasteiger partial charge in [-0.3, -0.25) is 10.0 Å². The first-order valence-corrected chi connectivity index (χ1v) is 11.1. The number of aromatic nitrogens is 2. The highest BCUT2D eigenvalue weighted by Crippen LogP contribution is 2.36. The second-order valence-electron chi connectivity index (χ2n) is 7.99. The van der Waals surface area contributed by atoms with E-state index in [1.807, 2.05) is 48.5 Å². The Morgan fingerprint density at radius 3 is 2.33 bits per heavy atom. The number of fused-ring (bicyclic) bond motifs is 1. The lowest BCUT2D eigenvalue weighted by atomic mass is 10.00. The summed E-state index contributed by atoms with van der Waals surface area (Å²) in [5.74, 6) is -0.0444. The average Bonchev–Trinajstić information content (AvgIpc) is 2.92. The lowest BCUT2D eigenvalue weighted by Gasteiger charge is -2.15. The number of amides is 1.